The van der Waals surface area contributed by atoms with Crippen LogP contribution < -0.4 is 10.1 Å². The molecule has 2 N–H and O–H groups in total. The number of halogens is 1. The van der Waals surface area contributed by atoms with E-state index >= 15 is 0 Å². The molecule has 1 amide bonds. The van der Waals surface area contributed by atoms with Crippen LogP contribution in [0.15, 0.2) is 48.5 Å². The van der Waals surface area contributed by atoms with Crippen molar-refractivity contribution in [1.29, 1.82) is 0 Å². The normalized spacial score (nSPS) is 10.8. The van der Waals surface area contributed by atoms with E-state index < -0.39 is 0 Å². The van der Waals surface area contributed by atoms with E-state index in [0.29, 0.717) is 29.2 Å². The molecule has 0 aliphatic carbocycles. The number of rotatable bonds is 7. The maximum atomic E-state index is 13.1. The number of aliphatic hydroxyl groups is 1. The summed E-state index contributed by atoms with van der Waals surface area (Å²) in [5, 5.41) is 12.1. The van der Waals surface area contributed by atoms with Gasteiger partial charge in [-0.2, -0.15) is 0 Å². The Bertz CT molecular complexity index is 728. The van der Waals surface area contributed by atoms with Crippen LogP contribution in [0.25, 0.3) is 6.08 Å². The monoisotopic (exact) mass is 329 g/mol. The van der Waals surface area contributed by atoms with Gasteiger partial charge in [-0.3, -0.25) is 4.79 Å². The highest BCUT2D eigenvalue weighted by Crippen LogP contribution is 2.23. The fourth-order valence-electron chi connectivity index (χ4n) is 2.20. The molecule has 0 fully saturated rings. The van der Waals surface area contributed by atoms with Crippen LogP contribution in [0.3, 0.4) is 0 Å². The van der Waals surface area contributed by atoms with Gasteiger partial charge in [0.15, 0.2) is 0 Å². The molecule has 0 saturated heterocycles. The summed E-state index contributed by atoms with van der Waals surface area (Å²) in [6.45, 7) is 2.20. The molecule has 0 aromatic heterocycles. The summed E-state index contributed by atoms with van der Waals surface area (Å²) in [7, 11) is 0. The van der Waals surface area contributed by atoms with Crippen molar-refractivity contribution in [1.82, 2.24) is 0 Å². The predicted molar refractivity (Wildman–Crippen MR) is 92.2 cm³/mol. The summed E-state index contributed by atoms with van der Waals surface area (Å²) in [5.41, 5.74) is 1.91. The fourth-order valence-corrected chi connectivity index (χ4v) is 2.20. The van der Waals surface area contributed by atoms with Crippen molar-refractivity contribution < 1.29 is 19.0 Å². The van der Waals surface area contributed by atoms with Crippen LogP contribution in [0.4, 0.5) is 10.1 Å². The number of benzene rings is 2. The Hall–Kier alpha value is -2.66. The summed E-state index contributed by atoms with van der Waals surface area (Å²) in [4.78, 5) is 11.9. The van der Waals surface area contributed by atoms with Crippen molar-refractivity contribution in [3.8, 4) is 5.75 Å². The van der Waals surface area contributed by atoms with Crippen molar-refractivity contribution in [3.05, 3.63) is 65.5 Å². The molecule has 0 radical (unpaired) electrons. The minimum Gasteiger partial charge on any atom is -0.494 e. The molecule has 5 heteroatoms. The number of nitrogens with one attached hydrogen (secondary N) is 1. The Labute approximate surface area is 140 Å². The number of hydrogen-bond acceptors (Lipinski definition) is 3. The molecule has 0 aliphatic rings. The highest BCUT2D eigenvalue weighted by molar-refractivity contribution is 5.92. The Morgan fingerprint density at radius 1 is 1.29 bits per heavy atom. The molecule has 0 heterocycles. The van der Waals surface area contributed by atoms with E-state index in [9.17, 15) is 14.3 Å². The quantitative estimate of drug-likeness (QED) is 0.813. The molecule has 4 nitrogen and oxygen atoms in total. The molecule has 0 saturated carbocycles. The van der Waals surface area contributed by atoms with Gasteiger partial charge in [-0.15, -0.1) is 0 Å². The molecule has 24 heavy (non-hydrogen) atoms. The Kier molecular flexibility index (Phi) is 6.51. The standard InChI is InChI=1S/C19H20FNO3/c1-2-24-18-10-9-17(12-15(18)13-22)21-19(23)8-4-6-14-5-3-7-16(20)11-14/h3-7,9-12,22H,2,8,13H2,1H3,(H,21,23)/b6-4+. The van der Waals surface area contributed by atoms with Crippen molar-refractivity contribution >= 4 is 17.7 Å². The van der Waals surface area contributed by atoms with Gasteiger partial charge in [-0.1, -0.05) is 24.3 Å². The molecule has 2 aromatic rings. The summed E-state index contributed by atoms with van der Waals surface area (Å²) < 4.78 is 18.5. The summed E-state index contributed by atoms with van der Waals surface area (Å²) in [5.74, 6) is 0.0900. The van der Waals surface area contributed by atoms with E-state index in [1.165, 1.54) is 12.1 Å². The molecule has 0 unspecified atom stereocenters. The average Bonchev–Trinajstić information content (AvgIpc) is 2.56. The summed E-state index contributed by atoms with van der Waals surface area (Å²) in [6.07, 6.45) is 3.53. The number of carbonyl (C=O) groups excluding carboxylic acids is 1. The molecule has 0 spiro atoms. The van der Waals surface area contributed by atoms with Gasteiger partial charge in [-0.25, -0.2) is 4.39 Å². The van der Waals surface area contributed by atoms with E-state index in [2.05, 4.69) is 5.32 Å². The second-order valence-corrected chi connectivity index (χ2v) is 5.12. The van der Waals surface area contributed by atoms with Crippen LogP contribution in [0, 0.1) is 5.82 Å². The topological polar surface area (TPSA) is 58.6 Å². The van der Waals surface area contributed by atoms with Crippen molar-refractivity contribution in [2.75, 3.05) is 11.9 Å². The van der Waals surface area contributed by atoms with Crippen LogP contribution >= 0.6 is 0 Å². The van der Waals surface area contributed by atoms with Crippen LogP contribution in [-0.2, 0) is 11.4 Å². The van der Waals surface area contributed by atoms with Crippen molar-refractivity contribution in [2.24, 2.45) is 0 Å². The first-order valence-corrected chi connectivity index (χ1v) is 7.71. The minimum atomic E-state index is -0.312. The molecule has 2 rings (SSSR count). The highest BCUT2D eigenvalue weighted by Gasteiger charge is 2.06. The number of hydrogen-bond donors (Lipinski definition) is 2. The zero-order valence-electron chi connectivity index (χ0n) is 13.5. The average molecular weight is 329 g/mol. The predicted octanol–water partition coefficient (Wildman–Crippen LogP) is 3.76. The lowest BCUT2D eigenvalue weighted by molar-refractivity contribution is -0.115. The first kappa shape index (κ1) is 17.7. The lowest BCUT2D eigenvalue weighted by Crippen LogP contribution is -2.10. The first-order chi connectivity index (χ1) is 11.6. The van der Waals surface area contributed by atoms with E-state index in [4.69, 9.17) is 4.74 Å². The van der Waals surface area contributed by atoms with E-state index in [1.807, 2.05) is 6.92 Å². The second-order valence-electron chi connectivity index (χ2n) is 5.12. The van der Waals surface area contributed by atoms with Gasteiger partial charge in [0.2, 0.25) is 5.91 Å². The van der Waals surface area contributed by atoms with Gasteiger partial charge in [-0.05, 0) is 42.8 Å². The van der Waals surface area contributed by atoms with Gasteiger partial charge in [0.1, 0.15) is 11.6 Å². The molecular weight excluding hydrogens is 309 g/mol. The van der Waals surface area contributed by atoms with E-state index in [0.717, 1.165) is 0 Å². The smallest absolute Gasteiger partial charge is 0.228 e. The van der Waals surface area contributed by atoms with Gasteiger partial charge >= 0.3 is 0 Å². The lowest BCUT2D eigenvalue weighted by atomic mass is 10.1. The number of amides is 1. The Morgan fingerprint density at radius 2 is 2.12 bits per heavy atom. The van der Waals surface area contributed by atoms with Gasteiger partial charge in [0.25, 0.3) is 0 Å². The van der Waals surface area contributed by atoms with Crippen LogP contribution in [-0.4, -0.2) is 17.6 Å². The molecule has 0 atom stereocenters. The Balaban J connectivity index is 1.94. The molecule has 2 aromatic carbocycles. The van der Waals surface area contributed by atoms with E-state index in [-0.39, 0.29) is 24.8 Å². The number of aliphatic hydroxyl groups excluding tert-OH is 1. The van der Waals surface area contributed by atoms with Gasteiger partial charge in [0.05, 0.1) is 13.2 Å². The lowest BCUT2D eigenvalue weighted by Gasteiger charge is -2.11. The maximum absolute atomic E-state index is 13.1. The van der Waals surface area contributed by atoms with Gasteiger partial charge < -0.3 is 15.2 Å². The number of ether oxygens (including phenoxy) is 1. The largest absolute Gasteiger partial charge is 0.494 e. The van der Waals surface area contributed by atoms with Crippen LogP contribution in [0.1, 0.15) is 24.5 Å². The first-order valence-electron chi connectivity index (χ1n) is 7.71. The zero-order valence-corrected chi connectivity index (χ0v) is 13.5. The SMILES string of the molecule is CCOc1ccc(NC(=O)C/C=C/c2cccc(F)c2)cc1CO. The third kappa shape index (κ3) is 5.21. The Morgan fingerprint density at radius 3 is 2.83 bits per heavy atom. The number of anilines is 1. The molecular formula is C19H20FNO3. The maximum Gasteiger partial charge on any atom is 0.228 e. The minimum absolute atomic E-state index is 0.165. The molecule has 0 aliphatic heterocycles. The summed E-state index contributed by atoms with van der Waals surface area (Å²) >= 11 is 0. The van der Waals surface area contributed by atoms with Crippen molar-refractivity contribution in [2.45, 2.75) is 20.0 Å². The van der Waals surface area contributed by atoms with E-state index in [1.54, 1.807) is 42.5 Å². The summed E-state index contributed by atoms with van der Waals surface area (Å²) in [6, 6.07) is 11.3. The van der Waals surface area contributed by atoms with Crippen LogP contribution in [0.5, 0.6) is 5.75 Å². The third-order valence-electron chi connectivity index (χ3n) is 3.28. The second kappa shape index (κ2) is 8.84. The molecule has 0 bridgehead atoms. The zero-order chi connectivity index (χ0) is 17.4. The highest BCUT2D eigenvalue weighted by atomic mass is 19.1. The fraction of sp³-hybridized carbons (Fsp3) is 0.211. The van der Waals surface area contributed by atoms with Crippen molar-refractivity contribution in [3.63, 3.8) is 0 Å². The third-order valence-corrected chi connectivity index (χ3v) is 3.28. The van der Waals surface area contributed by atoms with Gasteiger partial charge in [0, 0.05) is 17.7 Å². The molecule has 126 valence electrons. The van der Waals surface area contributed by atoms with Crippen LogP contribution in [0.2, 0.25) is 0 Å². The number of carbonyl (C=O) groups is 1.